The number of ether oxygens (including phenoxy) is 1. The first kappa shape index (κ1) is 16.9. The number of hydrogen-bond donors (Lipinski definition) is 1. The van der Waals surface area contributed by atoms with Gasteiger partial charge in [0.25, 0.3) is 0 Å². The predicted octanol–water partition coefficient (Wildman–Crippen LogP) is 2.76. The molecule has 114 valence electrons. The molecule has 0 radical (unpaired) electrons. The van der Waals surface area contributed by atoms with Crippen LogP contribution in [0.5, 0.6) is 0 Å². The number of hydrogen-bond acceptors (Lipinski definition) is 3. The molecule has 0 amide bonds. The summed E-state index contributed by atoms with van der Waals surface area (Å²) in [5.41, 5.74) is 0.367. The largest absolute Gasteiger partial charge is 0.373 e. The van der Waals surface area contributed by atoms with Crippen molar-refractivity contribution >= 4 is 0 Å². The van der Waals surface area contributed by atoms with Gasteiger partial charge >= 0.3 is 0 Å². The first-order valence-corrected chi connectivity index (χ1v) is 7.93. The molecule has 3 heteroatoms. The lowest BCUT2D eigenvalue weighted by Gasteiger charge is -2.41. The molecule has 1 saturated heterocycles. The minimum Gasteiger partial charge on any atom is -0.373 e. The standard InChI is InChI=1S/C16H34N2O/c1-7-16(6,11-17-8-13(2)3)12-18-9-14(4)19-15(5)10-18/h13-15,17H,7-12H2,1-6H3/t14-,15+,16?. The molecule has 1 aliphatic rings. The van der Waals surface area contributed by atoms with Gasteiger partial charge < -0.3 is 10.1 Å². The van der Waals surface area contributed by atoms with E-state index in [4.69, 9.17) is 4.74 Å². The van der Waals surface area contributed by atoms with Crippen LogP contribution in [-0.4, -0.2) is 49.8 Å². The normalized spacial score (nSPS) is 28.6. The second-order valence-corrected chi connectivity index (χ2v) is 7.14. The molecule has 0 bridgehead atoms. The summed E-state index contributed by atoms with van der Waals surface area (Å²) in [6.45, 7) is 19.2. The summed E-state index contributed by atoms with van der Waals surface area (Å²) in [6.07, 6.45) is 1.96. The van der Waals surface area contributed by atoms with Crippen LogP contribution in [0.1, 0.15) is 48.0 Å². The van der Waals surface area contributed by atoms with Crippen LogP contribution in [0.15, 0.2) is 0 Å². The summed E-state index contributed by atoms with van der Waals surface area (Å²) in [7, 11) is 0. The molecule has 1 fully saturated rings. The van der Waals surface area contributed by atoms with Gasteiger partial charge in [0.2, 0.25) is 0 Å². The van der Waals surface area contributed by atoms with E-state index < -0.39 is 0 Å². The van der Waals surface area contributed by atoms with Crippen molar-refractivity contribution in [1.29, 1.82) is 0 Å². The first-order valence-electron chi connectivity index (χ1n) is 7.93. The third kappa shape index (κ3) is 6.24. The summed E-state index contributed by atoms with van der Waals surface area (Å²) in [5.74, 6) is 0.726. The molecule has 0 aromatic carbocycles. The minimum atomic E-state index is 0.367. The van der Waals surface area contributed by atoms with E-state index in [1.807, 2.05) is 0 Å². The van der Waals surface area contributed by atoms with E-state index in [1.54, 1.807) is 0 Å². The van der Waals surface area contributed by atoms with E-state index in [9.17, 15) is 0 Å². The summed E-state index contributed by atoms with van der Waals surface area (Å²) in [6, 6.07) is 0. The zero-order chi connectivity index (χ0) is 14.5. The third-order valence-corrected chi connectivity index (χ3v) is 4.06. The average molecular weight is 270 g/mol. The highest BCUT2D eigenvalue weighted by atomic mass is 16.5. The van der Waals surface area contributed by atoms with Gasteiger partial charge in [-0.2, -0.15) is 0 Å². The highest BCUT2D eigenvalue weighted by Crippen LogP contribution is 2.24. The smallest absolute Gasteiger partial charge is 0.0678 e. The molecule has 1 aliphatic heterocycles. The van der Waals surface area contributed by atoms with E-state index in [0.717, 1.165) is 32.1 Å². The number of nitrogens with zero attached hydrogens (tertiary/aromatic N) is 1. The lowest BCUT2D eigenvalue weighted by Crippen LogP contribution is -2.51. The van der Waals surface area contributed by atoms with Crippen molar-refractivity contribution in [3.8, 4) is 0 Å². The fourth-order valence-electron chi connectivity index (χ4n) is 2.91. The van der Waals surface area contributed by atoms with Crippen LogP contribution in [0, 0.1) is 11.3 Å². The molecule has 19 heavy (non-hydrogen) atoms. The SMILES string of the molecule is CCC(C)(CNCC(C)C)CN1C[C@@H](C)O[C@@H](C)C1. The molecule has 0 aromatic heterocycles. The molecule has 0 saturated carbocycles. The van der Waals surface area contributed by atoms with E-state index in [0.29, 0.717) is 17.6 Å². The maximum atomic E-state index is 5.82. The van der Waals surface area contributed by atoms with Crippen molar-refractivity contribution < 1.29 is 4.74 Å². The van der Waals surface area contributed by atoms with Crippen molar-refractivity contribution in [2.75, 3.05) is 32.7 Å². The van der Waals surface area contributed by atoms with Crippen molar-refractivity contribution in [2.45, 2.75) is 60.2 Å². The van der Waals surface area contributed by atoms with Crippen LogP contribution in [0.25, 0.3) is 0 Å². The van der Waals surface area contributed by atoms with Crippen LogP contribution in [-0.2, 0) is 4.74 Å². The van der Waals surface area contributed by atoms with E-state index in [2.05, 4.69) is 51.8 Å². The molecule has 3 atom stereocenters. The van der Waals surface area contributed by atoms with E-state index >= 15 is 0 Å². The van der Waals surface area contributed by atoms with Crippen LogP contribution in [0.4, 0.5) is 0 Å². The zero-order valence-corrected chi connectivity index (χ0v) is 13.8. The van der Waals surface area contributed by atoms with Crippen LogP contribution < -0.4 is 5.32 Å². The fraction of sp³-hybridized carbons (Fsp3) is 1.00. The fourth-order valence-corrected chi connectivity index (χ4v) is 2.91. The molecule has 1 rings (SSSR count). The first-order chi connectivity index (χ1) is 8.84. The Bertz CT molecular complexity index is 247. The van der Waals surface area contributed by atoms with Crippen molar-refractivity contribution in [3.63, 3.8) is 0 Å². The number of rotatable bonds is 7. The Balaban J connectivity index is 2.44. The second-order valence-electron chi connectivity index (χ2n) is 7.14. The van der Waals surface area contributed by atoms with Crippen molar-refractivity contribution in [2.24, 2.45) is 11.3 Å². The van der Waals surface area contributed by atoms with Gasteiger partial charge in [0.15, 0.2) is 0 Å². The Morgan fingerprint density at radius 3 is 2.32 bits per heavy atom. The summed E-state index contributed by atoms with van der Waals surface area (Å²) in [4.78, 5) is 2.58. The molecular weight excluding hydrogens is 236 g/mol. The van der Waals surface area contributed by atoms with Gasteiger partial charge in [0.1, 0.15) is 0 Å². The molecule has 0 aliphatic carbocycles. The Morgan fingerprint density at radius 1 is 1.26 bits per heavy atom. The highest BCUT2D eigenvalue weighted by molar-refractivity contribution is 4.83. The van der Waals surface area contributed by atoms with Gasteiger partial charge in [-0.15, -0.1) is 0 Å². The van der Waals surface area contributed by atoms with Gasteiger partial charge in [-0.1, -0.05) is 27.7 Å². The lowest BCUT2D eigenvalue weighted by molar-refractivity contribution is -0.0768. The van der Waals surface area contributed by atoms with Crippen molar-refractivity contribution in [3.05, 3.63) is 0 Å². The third-order valence-electron chi connectivity index (χ3n) is 4.06. The van der Waals surface area contributed by atoms with Gasteiger partial charge in [0, 0.05) is 26.2 Å². The van der Waals surface area contributed by atoms with Gasteiger partial charge in [0.05, 0.1) is 12.2 Å². The predicted molar refractivity (Wildman–Crippen MR) is 82.6 cm³/mol. The van der Waals surface area contributed by atoms with E-state index in [-0.39, 0.29) is 0 Å². The topological polar surface area (TPSA) is 24.5 Å². The Labute approximate surface area is 120 Å². The van der Waals surface area contributed by atoms with Crippen LogP contribution in [0.3, 0.4) is 0 Å². The molecule has 0 spiro atoms. The molecule has 1 heterocycles. The quantitative estimate of drug-likeness (QED) is 0.770. The second kappa shape index (κ2) is 7.61. The summed E-state index contributed by atoms with van der Waals surface area (Å²) < 4.78 is 5.82. The highest BCUT2D eigenvalue weighted by Gasteiger charge is 2.29. The maximum absolute atomic E-state index is 5.82. The summed E-state index contributed by atoms with van der Waals surface area (Å²) in [5, 5.41) is 3.63. The number of nitrogens with one attached hydrogen (secondary N) is 1. The zero-order valence-electron chi connectivity index (χ0n) is 13.8. The number of morpholine rings is 1. The lowest BCUT2D eigenvalue weighted by atomic mass is 9.86. The molecule has 0 aromatic rings. The monoisotopic (exact) mass is 270 g/mol. The minimum absolute atomic E-state index is 0.367. The Kier molecular flexibility index (Phi) is 6.78. The average Bonchev–Trinajstić information content (AvgIpc) is 2.26. The van der Waals surface area contributed by atoms with Crippen LogP contribution in [0.2, 0.25) is 0 Å². The van der Waals surface area contributed by atoms with Gasteiger partial charge in [-0.25, -0.2) is 0 Å². The van der Waals surface area contributed by atoms with Gasteiger partial charge in [-0.05, 0) is 38.1 Å². The van der Waals surface area contributed by atoms with Crippen molar-refractivity contribution in [1.82, 2.24) is 10.2 Å². The Hall–Kier alpha value is -0.120. The summed E-state index contributed by atoms with van der Waals surface area (Å²) >= 11 is 0. The Morgan fingerprint density at radius 2 is 1.84 bits per heavy atom. The maximum Gasteiger partial charge on any atom is 0.0678 e. The molecule has 3 nitrogen and oxygen atoms in total. The molecule has 1 N–H and O–H groups in total. The van der Waals surface area contributed by atoms with Crippen LogP contribution >= 0.6 is 0 Å². The van der Waals surface area contributed by atoms with E-state index in [1.165, 1.54) is 13.0 Å². The molecular formula is C16H34N2O. The molecule has 1 unspecified atom stereocenters. The van der Waals surface area contributed by atoms with Gasteiger partial charge in [-0.3, -0.25) is 4.90 Å².